The van der Waals surface area contributed by atoms with Gasteiger partial charge in [0.15, 0.2) is 0 Å². The van der Waals surface area contributed by atoms with Crippen LogP contribution >= 0.6 is 0 Å². The molecule has 14 rings (SSSR count). The molecule has 0 heteroatoms. The lowest BCUT2D eigenvalue weighted by atomic mass is 9.83. The van der Waals surface area contributed by atoms with E-state index < -0.39 is 0 Å². The Morgan fingerprint density at radius 2 is 0.453 bits per heavy atom. The fourth-order valence-corrected chi connectivity index (χ4v) is 11.4. The van der Waals surface area contributed by atoms with E-state index >= 15 is 0 Å². The lowest BCUT2D eigenvalue weighted by molar-refractivity contribution is 1.68. The van der Waals surface area contributed by atoms with Crippen molar-refractivity contribution in [1.29, 1.82) is 0 Å². The smallest absolute Gasteiger partial charge is 0.00203 e. The molecule has 64 heavy (non-hydrogen) atoms. The van der Waals surface area contributed by atoms with Crippen LogP contribution in [0.2, 0.25) is 0 Å². The van der Waals surface area contributed by atoms with E-state index in [2.05, 4.69) is 231 Å². The summed E-state index contributed by atoms with van der Waals surface area (Å²) in [5, 5.41) is 23.0. The Balaban J connectivity index is 1.04. The van der Waals surface area contributed by atoms with E-state index in [-0.39, 0.29) is 0 Å². The highest BCUT2D eigenvalue weighted by Gasteiger charge is 2.21. The van der Waals surface area contributed by atoms with Crippen LogP contribution in [0.15, 0.2) is 231 Å². The fourth-order valence-electron chi connectivity index (χ4n) is 11.4. The van der Waals surface area contributed by atoms with Crippen LogP contribution in [-0.2, 0) is 0 Å². The van der Waals surface area contributed by atoms with Crippen LogP contribution < -0.4 is 0 Å². The van der Waals surface area contributed by atoms with E-state index in [9.17, 15) is 0 Å². The van der Waals surface area contributed by atoms with Crippen LogP contribution in [0.3, 0.4) is 0 Å². The van der Waals surface area contributed by atoms with Gasteiger partial charge in [-0.05, 0) is 154 Å². The Labute approximate surface area is 370 Å². The molecule has 14 aromatic rings. The highest BCUT2D eigenvalue weighted by molar-refractivity contribution is 6.31. The maximum Gasteiger partial charge on any atom is -0.00203 e. The van der Waals surface area contributed by atoms with Gasteiger partial charge in [-0.15, -0.1) is 0 Å². The van der Waals surface area contributed by atoms with Crippen LogP contribution in [0.5, 0.6) is 0 Å². The number of fused-ring (bicyclic) bond motifs is 8. The van der Waals surface area contributed by atoms with Crippen molar-refractivity contribution in [2.45, 2.75) is 0 Å². The van der Waals surface area contributed by atoms with E-state index in [0.29, 0.717) is 0 Å². The Bertz CT molecular complexity index is 3960. The maximum absolute atomic E-state index is 2.43. The van der Waals surface area contributed by atoms with E-state index in [1.54, 1.807) is 0 Å². The molecular weight excluding hydrogens is 769 g/mol. The van der Waals surface area contributed by atoms with E-state index in [1.807, 2.05) is 0 Å². The minimum Gasteiger partial charge on any atom is -0.0616 e. The molecule has 0 aliphatic rings. The first kappa shape index (κ1) is 35.3. The third-order valence-electron chi connectivity index (χ3n) is 14.2. The summed E-state index contributed by atoms with van der Waals surface area (Å²) in [5.74, 6) is 0. The first-order valence-electron chi connectivity index (χ1n) is 22.3. The van der Waals surface area contributed by atoms with Gasteiger partial charge in [-0.3, -0.25) is 0 Å². The van der Waals surface area contributed by atoms with Crippen molar-refractivity contribution >= 4 is 97.0 Å². The molecule has 0 saturated carbocycles. The number of hydrogen-bond donors (Lipinski definition) is 0. The molecule has 0 radical (unpaired) electrons. The monoisotopic (exact) mass is 806 g/mol. The van der Waals surface area contributed by atoms with Crippen LogP contribution in [0, 0.1) is 0 Å². The Hall–Kier alpha value is -8.32. The molecule has 0 fully saturated rings. The molecule has 0 aliphatic heterocycles. The highest BCUT2D eigenvalue weighted by atomic mass is 14.2. The molecule has 294 valence electrons. The first-order chi connectivity index (χ1) is 31.8. The Morgan fingerprint density at radius 3 is 0.922 bits per heavy atom. The Morgan fingerprint density at radius 1 is 0.141 bits per heavy atom. The van der Waals surface area contributed by atoms with Crippen LogP contribution in [0.25, 0.3) is 141 Å². The summed E-state index contributed by atoms with van der Waals surface area (Å²) in [6.45, 7) is 0. The van der Waals surface area contributed by atoms with Gasteiger partial charge in [-0.2, -0.15) is 0 Å². The second-order valence-electron chi connectivity index (χ2n) is 17.4. The summed E-state index contributed by atoms with van der Waals surface area (Å²) < 4.78 is 0. The normalized spacial score (nSPS) is 12.1. The molecule has 14 aromatic carbocycles. The van der Waals surface area contributed by atoms with Crippen molar-refractivity contribution in [2.24, 2.45) is 0 Å². The number of rotatable bonds is 4. The third kappa shape index (κ3) is 5.05. The molecule has 0 saturated heterocycles. The summed E-state index contributed by atoms with van der Waals surface area (Å²) in [5.41, 5.74) is 10.1. The van der Waals surface area contributed by atoms with Gasteiger partial charge in [-0.1, -0.05) is 218 Å². The van der Waals surface area contributed by atoms with Gasteiger partial charge in [-0.25, -0.2) is 0 Å². The lowest BCUT2D eigenvalue weighted by Crippen LogP contribution is -1.93. The van der Waals surface area contributed by atoms with Gasteiger partial charge in [0.2, 0.25) is 0 Å². The number of benzene rings is 14. The van der Waals surface area contributed by atoms with Gasteiger partial charge < -0.3 is 0 Å². The summed E-state index contributed by atoms with van der Waals surface area (Å²) in [6, 6.07) is 86.3. The van der Waals surface area contributed by atoms with Crippen molar-refractivity contribution in [3.05, 3.63) is 231 Å². The molecule has 0 aliphatic carbocycles. The van der Waals surface area contributed by atoms with Crippen LogP contribution in [-0.4, -0.2) is 0 Å². The molecule has 0 atom stereocenters. The van der Waals surface area contributed by atoms with Crippen LogP contribution in [0.1, 0.15) is 0 Å². The molecular formula is C64H38. The molecule has 0 N–H and O–H groups in total. The molecule has 0 aromatic heterocycles. The van der Waals surface area contributed by atoms with Gasteiger partial charge in [0.05, 0.1) is 0 Å². The zero-order valence-corrected chi connectivity index (χ0v) is 34.9. The van der Waals surface area contributed by atoms with Crippen molar-refractivity contribution in [2.75, 3.05) is 0 Å². The third-order valence-corrected chi connectivity index (χ3v) is 14.2. The summed E-state index contributed by atoms with van der Waals surface area (Å²) in [4.78, 5) is 0. The van der Waals surface area contributed by atoms with E-state index in [4.69, 9.17) is 0 Å². The topological polar surface area (TPSA) is 0 Å². The predicted molar refractivity (Wildman–Crippen MR) is 277 cm³/mol. The van der Waals surface area contributed by atoms with Crippen LogP contribution in [0.4, 0.5) is 0 Å². The lowest BCUT2D eigenvalue weighted by Gasteiger charge is -2.20. The predicted octanol–water partition coefficient (Wildman–Crippen LogP) is 18.2. The van der Waals surface area contributed by atoms with E-state index in [1.165, 1.54) is 141 Å². The standard InChI is InChI=1S/C64H38/c1-5-19-45-39(13-1)17-9-23-49(45)53-25-11-27-55-59(37-43-15-3-7-21-47(43)63(53)55)51-33-29-41-32-36-58-52(34-30-42-31-35-57(51)61(41)62(42)58)60-38-44-16-4-8-22-48(44)64-54(26-12-28-56(60)64)50-24-10-18-40-14-2-6-20-46(40)50/h1-38H. The largest absolute Gasteiger partial charge is 0.0616 e. The zero-order valence-electron chi connectivity index (χ0n) is 34.9. The van der Waals surface area contributed by atoms with Crippen molar-refractivity contribution in [3.63, 3.8) is 0 Å². The molecule has 0 amide bonds. The molecule has 0 unspecified atom stereocenters. The zero-order chi connectivity index (χ0) is 41.9. The molecule has 0 spiro atoms. The summed E-state index contributed by atoms with van der Waals surface area (Å²) in [7, 11) is 0. The SMILES string of the molecule is c1ccc2c(-c3cccc4c(-c5ccc6ccc7c(-c8cc9ccccc9c9c(-c%10cccc%11ccccc%10%11)cccc89)ccc8ccc5c6c87)cc5ccccc5c34)cccc2c1. The van der Waals surface area contributed by atoms with E-state index in [0.717, 1.165) is 0 Å². The Kier molecular flexibility index (Phi) is 7.49. The minimum absolute atomic E-state index is 1.25. The van der Waals surface area contributed by atoms with Gasteiger partial charge in [0.25, 0.3) is 0 Å². The summed E-state index contributed by atoms with van der Waals surface area (Å²) in [6.07, 6.45) is 0. The highest BCUT2D eigenvalue weighted by Crippen LogP contribution is 2.49. The van der Waals surface area contributed by atoms with Crippen molar-refractivity contribution in [1.82, 2.24) is 0 Å². The van der Waals surface area contributed by atoms with Crippen molar-refractivity contribution in [3.8, 4) is 44.5 Å². The average molecular weight is 807 g/mol. The first-order valence-corrected chi connectivity index (χ1v) is 22.3. The average Bonchev–Trinajstić information content (AvgIpc) is 3.36. The van der Waals surface area contributed by atoms with Gasteiger partial charge in [0, 0.05) is 0 Å². The minimum atomic E-state index is 1.25. The second kappa shape index (κ2) is 13.6. The van der Waals surface area contributed by atoms with Gasteiger partial charge >= 0.3 is 0 Å². The molecule has 0 bridgehead atoms. The molecule has 0 heterocycles. The fraction of sp³-hybridized carbons (Fsp3) is 0. The number of hydrogen-bond acceptors (Lipinski definition) is 0. The van der Waals surface area contributed by atoms with Gasteiger partial charge in [0.1, 0.15) is 0 Å². The maximum atomic E-state index is 2.43. The molecule has 0 nitrogen and oxygen atoms in total. The second-order valence-corrected chi connectivity index (χ2v) is 17.4. The van der Waals surface area contributed by atoms with Crippen molar-refractivity contribution < 1.29 is 0 Å². The summed E-state index contributed by atoms with van der Waals surface area (Å²) >= 11 is 0. The quantitative estimate of drug-likeness (QED) is 0.155.